The third-order valence-electron chi connectivity index (χ3n) is 22.6. The number of nitrogens with zero attached hydrogens (tertiary/aromatic N) is 6. The minimum atomic E-state index is -1.98. The lowest BCUT2D eigenvalue weighted by Crippen LogP contribution is -2.47. The molecule has 0 aliphatic carbocycles. The molecule has 0 saturated carbocycles. The number of ether oxygens (including phenoxy) is 6. The summed E-state index contributed by atoms with van der Waals surface area (Å²) in [6.07, 6.45) is 2.92. The number of ketones is 1. The lowest BCUT2D eigenvalue weighted by Gasteiger charge is -2.32. The van der Waals surface area contributed by atoms with Gasteiger partial charge in [0.1, 0.15) is 99.2 Å². The van der Waals surface area contributed by atoms with Gasteiger partial charge in [-0.3, -0.25) is 75.7 Å². The van der Waals surface area contributed by atoms with Crippen molar-refractivity contribution >= 4 is 11.7 Å². The number of aromatic amines is 3. The minimum Gasteiger partial charge on any atom is -0.396 e. The SMILES string of the molecule is CC[C@@]1(CF)O[C@@H](N2C=CC(=O)CC2=O)[C@@H](CO)[C@@H]1C.CC[C@@]1(CF)O[C@@H](n2ccc(=O)[nH]c2=O)[C@@H](CO)[C@@H]1C.CC[C@@]1(CF)O[C@@H](n2ccc(=O)[nH]c2=O)[C@H](CO)[C@@H]1C.CC[C@@]1(CF)O[C@@H](n2ccc(=O)n(COCc3ccccc3)c2=O)[C@@H](CF)[C@@H]1C.O=c1ccn([C@@H]2O[C@@](CO)(CF)[C@@H](O)[C@@H]2CF)c(=O)[nH]1. The predicted molar refractivity (Wildman–Crippen MR) is 376 cm³/mol. The van der Waals surface area contributed by atoms with Crippen molar-refractivity contribution in [3.8, 4) is 0 Å². The number of H-pyrrole nitrogens is 3. The molecule has 1 amide bonds. The molecule has 37 heteroatoms. The van der Waals surface area contributed by atoms with Gasteiger partial charge in [-0.25, -0.2) is 45.7 Å². The number of aliphatic hydroxyl groups excluding tert-OH is 5. The first kappa shape index (κ1) is 88.1. The fourth-order valence-electron chi connectivity index (χ4n) is 14.9. The van der Waals surface area contributed by atoms with E-state index < -0.39 is 193 Å². The van der Waals surface area contributed by atoms with Crippen LogP contribution in [-0.2, 0) is 51.3 Å². The first-order chi connectivity index (χ1) is 51.9. The first-order valence-corrected chi connectivity index (χ1v) is 35.7. The summed E-state index contributed by atoms with van der Waals surface area (Å²) in [5, 5.41) is 47.8. The normalized spacial score (nSPS) is 32.5. The van der Waals surface area contributed by atoms with Gasteiger partial charge in [-0.1, -0.05) is 85.7 Å². The third kappa shape index (κ3) is 18.1. The smallest absolute Gasteiger partial charge is 0.335 e. The largest absolute Gasteiger partial charge is 0.396 e. The summed E-state index contributed by atoms with van der Waals surface area (Å²) >= 11 is 0. The molecule has 0 spiro atoms. The van der Waals surface area contributed by atoms with Gasteiger partial charge in [-0.05, 0) is 61.0 Å². The quantitative estimate of drug-likeness (QED) is 0.0323. The number of carbonyl (C=O) groups excluding carboxylic acids is 2. The number of rotatable bonds is 24. The van der Waals surface area contributed by atoms with Crippen LogP contribution < -0.4 is 45.0 Å². The molecule has 30 nitrogen and oxygen atoms in total. The molecule has 6 aliphatic heterocycles. The topological polar surface area (TPSA) is 402 Å². The van der Waals surface area contributed by atoms with Crippen LogP contribution in [0.15, 0.2) is 130 Å². The van der Waals surface area contributed by atoms with Crippen molar-refractivity contribution in [1.29, 1.82) is 0 Å². The third-order valence-corrected chi connectivity index (χ3v) is 22.6. The fraction of sp³-hybridized carbons (Fsp3) is 0.639. The Labute approximate surface area is 619 Å². The van der Waals surface area contributed by atoms with Crippen molar-refractivity contribution < 1.29 is 94.3 Å². The Kier molecular flexibility index (Phi) is 30.9. The summed E-state index contributed by atoms with van der Waals surface area (Å²) in [5.41, 5.74) is -10.2. The Morgan fingerprint density at radius 3 is 1.18 bits per heavy atom. The number of amides is 1. The molecule has 0 radical (unpaired) electrons. The highest BCUT2D eigenvalue weighted by molar-refractivity contribution is 6.06. The monoisotopic (exact) mass is 1560 g/mol. The first-order valence-electron chi connectivity index (χ1n) is 35.7. The van der Waals surface area contributed by atoms with Crippen LogP contribution in [0.25, 0.3) is 0 Å². The van der Waals surface area contributed by atoms with Gasteiger partial charge >= 0.3 is 22.8 Å². The number of halogens is 7. The van der Waals surface area contributed by atoms with Crippen LogP contribution in [0.4, 0.5) is 30.7 Å². The van der Waals surface area contributed by atoms with Crippen molar-refractivity contribution in [3.05, 3.63) is 181 Å². The van der Waals surface area contributed by atoms with Crippen LogP contribution in [-0.4, -0.2) is 193 Å². The minimum absolute atomic E-state index is 0.195. The molecule has 20 atom stereocenters. The molecule has 109 heavy (non-hydrogen) atoms. The van der Waals surface area contributed by atoms with Gasteiger partial charge in [-0.15, -0.1) is 0 Å². The Bertz CT molecular complexity index is 4100. The van der Waals surface area contributed by atoms with E-state index in [0.29, 0.717) is 25.7 Å². The molecule has 1 aromatic carbocycles. The van der Waals surface area contributed by atoms with Gasteiger partial charge in [0, 0.05) is 78.9 Å². The molecule has 6 aliphatic rings. The Hall–Kier alpha value is -8.11. The molecular weight excluding hydrogens is 1460 g/mol. The molecule has 0 unspecified atom stereocenters. The molecule has 5 saturated heterocycles. The lowest BCUT2D eigenvalue weighted by atomic mass is 9.81. The van der Waals surface area contributed by atoms with E-state index in [1.165, 1.54) is 67.7 Å². The van der Waals surface area contributed by atoms with Crippen molar-refractivity contribution in [2.45, 2.75) is 166 Å². The lowest BCUT2D eigenvalue weighted by molar-refractivity contribution is -0.154. The van der Waals surface area contributed by atoms with Gasteiger partial charge < -0.3 is 54.0 Å². The summed E-state index contributed by atoms with van der Waals surface area (Å²) in [6.45, 7) is 6.96. The van der Waals surface area contributed by atoms with E-state index in [1.807, 2.05) is 63.0 Å². The molecule has 5 aromatic rings. The predicted octanol–water partition coefficient (Wildman–Crippen LogP) is 3.64. The molecule has 4 aromatic heterocycles. The van der Waals surface area contributed by atoms with E-state index in [0.717, 1.165) is 27.0 Å². The van der Waals surface area contributed by atoms with E-state index in [9.17, 15) is 104 Å². The van der Waals surface area contributed by atoms with Gasteiger partial charge in [0.15, 0.2) is 5.78 Å². The second kappa shape index (κ2) is 38.2. The van der Waals surface area contributed by atoms with Crippen molar-refractivity contribution in [3.63, 3.8) is 0 Å². The maximum Gasteiger partial charge on any atom is 0.335 e. The highest BCUT2D eigenvalue weighted by atomic mass is 19.1. The fourth-order valence-corrected chi connectivity index (χ4v) is 14.9. The second-order valence-corrected chi connectivity index (χ2v) is 27.9. The molecule has 10 heterocycles. The Balaban J connectivity index is 0.000000191. The van der Waals surface area contributed by atoms with Gasteiger partial charge in [0.05, 0.1) is 64.8 Å². The number of hydrogen-bond donors (Lipinski definition) is 8. The number of carbonyl (C=O) groups is 2. The number of benzene rings is 1. The number of aromatic nitrogens is 8. The zero-order valence-corrected chi connectivity index (χ0v) is 61.6. The molecule has 0 bridgehead atoms. The van der Waals surface area contributed by atoms with Crippen LogP contribution >= 0.6 is 0 Å². The van der Waals surface area contributed by atoms with Crippen molar-refractivity contribution in [2.75, 3.05) is 73.1 Å². The highest BCUT2D eigenvalue weighted by Crippen LogP contribution is 2.51. The number of alkyl halides is 7. The average Bonchev–Trinajstić information content (AvgIpc) is 1.71. The number of allylic oxidation sites excluding steroid dienone is 1. The van der Waals surface area contributed by atoms with Crippen LogP contribution in [0.2, 0.25) is 0 Å². The summed E-state index contributed by atoms with van der Waals surface area (Å²) in [5.74, 6) is -4.88. The molecule has 5 fully saturated rings. The van der Waals surface area contributed by atoms with Gasteiger partial charge in [0.2, 0.25) is 5.91 Å². The average molecular weight is 1560 g/mol. The maximum atomic E-state index is 13.8. The van der Waals surface area contributed by atoms with Crippen LogP contribution in [0.3, 0.4) is 0 Å². The zero-order valence-electron chi connectivity index (χ0n) is 61.6. The molecule has 11 rings (SSSR count). The van der Waals surface area contributed by atoms with Crippen LogP contribution in [0, 0.1) is 53.3 Å². The Morgan fingerprint density at radius 1 is 0.468 bits per heavy atom. The number of aliphatic hydroxyl groups is 5. The van der Waals surface area contributed by atoms with E-state index in [2.05, 4.69) is 9.97 Å². The van der Waals surface area contributed by atoms with Crippen LogP contribution in [0.1, 0.15) is 118 Å². The van der Waals surface area contributed by atoms with Crippen molar-refractivity contribution in [1.82, 2.24) is 42.7 Å². The van der Waals surface area contributed by atoms with E-state index >= 15 is 0 Å². The zero-order chi connectivity index (χ0) is 80.7. The van der Waals surface area contributed by atoms with Crippen molar-refractivity contribution in [2.24, 2.45) is 53.3 Å². The van der Waals surface area contributed by atoms with E-state index in [4.69, 9.17) is 28.4 Å². The van der Waals surface area contributed by atoms with Gasteiger partial charge in [0.25, 0.3) is 22.2 Å². The van der Waals surface area contributed by atoms with Crippen LogP contribution in [0.5, 0.6) is 0 Å². The molecule has 606 valence electrons. The summed E-state index contributed by atoms with van der Waals surface area (Å²) in [4.78, 5) is 124. The summed E-state index contributed by atoms with van der Waals surface area (Å²) in [7, 11) is 0. The number of hydrogen-bond acceptors (Lipinski definition) is 21. The summed E-state index contributed by atoms with van der Waals surface area (Å²) in [6, 6.07) is 14.0. The summed E-state index contributed by atoms with van der Waals surface area (Å²) < 4.78 is 133. The van der Waals surface area contributed by atoms with E-state index in [-0.39, 0.29) is 74.9 Å². The van der Waals surface area contributed by atoms with Gasteiger partial charge in [-0.2, -0.15) is 0 Å². The Morgan fingerprint density at radius 2 is 0.826 bits per heavy atom. The van der Waals surface area contributed by atoms with E-state index in [1.54, 1.807) is 27.7 Å². The number of nitrogens with one attached hydrogen (secondary N) is 3. The second-order valence-electron chi connectivity index (χ2n) is 27.9. The molecule has 8 N–H and O–H groups in total. The molecular formula is C72H98F7N9O21. The maximum absolute atomic E-state index is 13.8. The highest BCUT2D eigenvalue weighted by Gasteiger charge is 2.58. The standard InChI is InChI=1S/C21H26F2N2O4.C14H20FNO4.2C13H19FN2O4.C11H14F2N2O5/c1-3-21(13-23)15(2)17(11-22)19(29-21)24-10-9-18(26)25(20(24)27)14-28-12-16-7-5-4-6-8-16;1-3-14(8-15)9(2)11(7-17)13(20-14)16-5-4-10(18)6-12(16)19;2*1-3-13(7-14)8(2)9(6-17)11(20-13)16-5-4-10(18)15-12(16)19;12-3-6-8(18)11(4-13,5-16)20-9(6)15-2-1-7(17)14-10(15)19/h4-10,15,17,19H,3,11-14H2,1-2H3;4-5,9,11,13,17H,3,6-8H2,1-2H3;2*4-5,8-9,11,17H,3,6-7H2,1-2H3,(H,15,18,19);1-2,6,8-9,16,18H,3-5H2,(H,14,17,19)/t15-,17-,19+,21-;9-,11-,13+,14-;8-,9+,11+,13-;8-,9-,11+,13-;6-,8-,9+,11+/m00000/s1.